The molecule has 0 aromatic rings. The van der Waals surface area contributed by atoms with Gasteiger partial charge in [-0.05, 0) is 76.2 Å². The van der Waals surface area contributed by atoms with E-state index < -0.39 is 122 Å². The van der Waals surface area contributed by atoms with E-state index in [9.17, 15) is 45.0 Å². The zero-order valence-corrected chi connectivity index (χ0v) is 40.9. The number of aliphatic hydroxyl groups excluding tert-OH is 3. The third-order valence-corrected chi connectivity index (χ3v) is 16.1. The van der Waals surface area contributed by atoms with E-state index in [2.05, 4.69) is 16.0 Å². The summed E-state index contributed by atoms with van der Waals surface area (Å²) in [6, 6.07) is -1.02. The molecule has 3 aliphatic rings. The van der Waals surface area contributed by atoms with E-state index in [1.54, 1.807) is 69.2 Å². The van der Waals surface area contributed by atoms with Crippen molar-refractivity contribution in [1.29, 1.82) is 0 Å². The molecule has 0 aliphatic carbocycles. The van der Waals surface area contributed by atoms with Gasteiger partial charge < -0.3 is 79.7 Å². The highest BCUT2D eigenvalue weighted by molar-refractivity contribution is 5.75. The first-order valence-electron chi connectivity index (χ1n) is 21.6. The van der Waals surface area contributed by atoms with Gasteiger partial charge >= 0.3 is 0 Å². The van der Waals surface area contributed by atoms with Crippen LogP contribution < -0.4 is 16.0 Å². The molecule has 0 saturated carbocycles. The molecule has 3 amide bonds. The first kappa shape index (κ1) is 55.2. The summed E-state index contributed by atoms with van der Waals surface area (Å²) in [5.41, 5.74) is -19.0. The number of ether oxygens (including phenoxy) is 7. The number of amides is 3. The molecule has 6 unspecified atom stereocenters. The van der Waals surface area contributed by atoms with Gasteiger partial charge in [0.25, 0.3) is 0 Å². The molecular weight excluding hydrogens is 826 g/mol. The minimum atomic E-state index is -1.96. The van der Waals surface area contributed by atoms with E-state index in [0.29, 0.717) is 0 Å². The maximum Gasteiger partial charge on any atom is 0.217 e. The van der Waals surface area contributed by atoms with Crippen molar-refractivity contribution in [3.8, 4) is 0 Å². The number of hydrogen-bond donors (Lipinski definition) is 9. The normalized spacial score (nSPS) is 47.8. The molecule has 15 atom stereocenters. The lowest BCUT2D eigenvalue weighted by atomic mass is 9.51. The second-order valence-corrected chi connectivity index (χ2v) is 20.9. The SMILES string of the molecule is COC[C@]1(C)OC(C)(CO)[C@H](COC[C@]2(C)OC(C)(CO)[C@H](COC[C@]3(C)OC(C)(CO)[C@@](C)(COC)[C@@](C)(O)C3(C)NC(C)=O)[C@@](C)(O)C2(C)NC(C)=O)[C@@](C)(O)C1NC(C)=O. The lowest BCUT2D eigenvalue weighted by molar-refractivity contribution is -0.366. The van der Waals surface area contributed by atoms with Crippen molar-refractivity contribution in [1.82, 2.24) is 16.0 Å². The Kier molecular flexibility index (Phi) is 15.9. The predicted octanol–water partition coefficient (Wildman–Crippen LogP) is -0.282. The van der Waals surface area contributed by atoms with Crippen LogP contribution in [0.1, 0.15) is 104 Å². The van der Waals surface area contributed by atoms with E-state index >= 15 is 0 Å². The van der Waals surface area contributed by atoms with Crippen molar-refractivity contribution in [3.05, 3.63) is 0 Å². The molecule has 0 aromatic heterocycles. The standard InChI is InChI=1S/C44H81N3O16/c1-27(51)45-32-35(6,23-57-16)61-33(4,20-48)30(40(32,11)54)18-59-25-38(9)42(13,46-28(2)52)41(12,55)31(34(5,21-49)62-38)19-60-26-39(10)43(14,47-29(3)53)44(15,56)36(7,24-58-17)37(8,22-50)63-39/h30-32,48-50,54-56H,18-26H2,1-17H3,(H,45,51)(H,46,52)(H,47,53)/t30-,31-,32?,33?,34?,35-,36+,37?,38-,39-,40+,41+,42?,43?,44+/m0/s1. The van der Waals surface area contributed by atoms with Gasteiger partial charge in [-0.25, -0.2) is 0 Å². The zero-order valence-electron chi connectivity index (χ0n) is 40.9. The maximum atomic E-state index is 13.0. The minimum Gasteiger partial charge on any atom is -0.393 e. The van der Waals surface area contributed by atoms with Gasteiger partial charge in [0.05, 0.1) is 116 Å². The number of hydrogen-bond acceptors (Lipinski definition) is 16. The van der Waals surface area contributed by atoms with Gasteiger partial charge in [0.15, 0.2) is 0 Å². The lowest BCUT2D eigenvalue weighted by Gasteiger charge is -2.69. The highest BCUT2D eigenvalue weighted by Gasteiger charge is 2.75. The summed E-state index contributed by atoms with van der Waals surface area (Å²) in [7, 11) is 2.91. The second-order valence-electron chi connectivity index (χ2n) is 20.9. The molecule has 3 rings (SSSR count). The van der Waals surface area contributed by atoms with Crippen LogP contribution in [0.2, 0.25) is 0 Å². The summed E-state index contributed by atoms with van der Waals surface area (Å²) in [4.78, 5) is 38.3. The van der Waals surface area contributed by atoms with E-state index in [1.807, 2.05) is 0 Å². The number of aliphatic hydroxyl groups is 6. The summed E-state index contributed by atoms with van der Waals surface area (Å²) in [6.07, 6.45) is 0. The Morgan fingerprint density at radius 3 is 1.41 bits per heavy atom. The van der Waals surface area contributed by atoms with Crippen LogP contribution in [0.4, 0.5) is 0 Å². The molecule has 3 fully saturated rings. The van der Waals surface area contributed by atoms with E-state index in [0.717, 1.165) is 0 Å². The smallest absolute Gasteiger partial charge is 0.217 e. The van der Waals surface area contributed by atoms with Gasteiger partial charge in [-0.15, -0.1) is 0 Å². The molecule has 63 heavy (non-hydrogen) atoms. The molecule has 3 saturated heterocycles. The third-order valence-electron chi connectivity index (χ3n) is 16.1. The molecule has 9 N–H and O–H groups in total. The largest absolute Gasteiger partial charge is 0.393 e. The van der Waals surface area contributed by atoms with Crippen LogP contribution in [-0.2, 0) is 47.5 Å². The molecule has 3 heterocycles. The number of nitrogens with one attached hydrogen (secondary N) is 3. The van der Waals surface area contributed by atoms with Crippen molar-refractivity contribution in [2.45, 2.75) is 171 Å². The van der Waals surface area contributed by atoms with Crippen molar-refractivity contribution in [2.75, 3.05) is 73.7 Å². The molecule has 0 radical (unpaired) electrons. The minimum absolute atomic E-state index is 0.0322. The average molecular weight is 908 g/mol. The Bertz CT molecular complexity index is 1670. The van der Waals surface area contributed by atoms with Crippen molar-refractivity contribution < 1.29 is 78.2 Å². The van der Waals surface area contributed by atoms with Gasteiger partial charge in [-0.1, -0.05) is 6.92 Å². The first-order valence-corrected chi connectivity index (χ1v) is 21.6. The average Bonchev–Trinajstić information content (AvgIpc) is 3.14. The summed E-state index contributed by atoms with van der Waals surface area (Å²) in [6.45, 7) is 20.1. The predicted molar refractivity (Wildman–Crippen MR) is 229 cm³/mol. The Morgan fingerprint density at radius 2 is 0.984 bits per heavy atom. The lowest BCUT2D eigenvalue weighted by Crippen LogP contribution is -2.87. The molecule has 3 aliphatic heterocycles. The fourth-order valence-electron chi connectivity index (χ4n) is 11.5. The van der Waals surface area contributed by atoms with E-state index in [4.69, 9.17) is 33.2 Å². The second kappa shape index (κ2) is 18.2. The number of methoxy groups -OCH3 is 2. The Hall–Kier alpha value is -2.11. The number of carbonyl (C=O) groups excluding carboxylic acids is 3. The summed E-state index contributed by atoms with van der Waals surface area (Å²) in [5, 5.41) is 78.9. The number of rotatable bonds is 18. The fraction of sp³-hybridized carbons (Fsp3) is 0.932. The number of carbonyl (C=O) groups is 3. The van der Waals surface area contributed by atoms with Gasteiger partial charge in [0, 0.05) is 46.8 Å². The van der Waals surface area contributed by atoms with E-state index in [1.165, 1.54) is 48.8 Å². The Balaban J connectivity index is 2.05. The van der Waals surface area contributed by atoms with Gasteiger partial charge in [0.2, 0.25) is 17.7 Å². The van der Waals surface area contributed by atoms with Crippen molar-refractivity contribution in [2.24, 2.45) is 17.3 Å². The summed E-state index contributed by atoms with van der Waals surface area (Å²) in [5.74, 6) is -3.49. The zero-order chi connectivity index (χ0) is 48.9. The highest BCUT2D eigenvalue weighted by atomic mass is 16.6. The first-order chi connectivity index (χ1) is 28.5. The highest BCUT2D eigenvalue weighted by Crippen LogP contribution is 2.59. The van der Waals surface area contributed by atoms with Gasteiger partial charge in [-0.2, -0.15) is 0 Å². The van der Waals surface area contributed by atoms with Crippen LogP contribution in [0.5, 0.6) is 0 Å². The van der Waals surface area contributed by atoms with Crippen LogP contribution in [-0.4, -0.2) is 190 Å². The van der Waals surface area contributed by atoms with Crippen LogP contribution in [0.15, 0.2) is 0 Å². The van der Waals surface area contributed by atoms with Crippen LogP contribution in [0.3, 0.4) is 0 Å². The monoisotopic (exact) mass is 908 g/mol. The van der Waals surface area contributed by atoms with Crippen LogP contribution in [0, 0.1) is 17.3 Å². The maximum absolute atomic E-state index is 13.0. The Morgan fingerprint density at radius 1 is 0.540 bits per heavy atom. The fourth-order valence-corrected chi connectivity index (χ4v) is 11.5. The summed E-state index contributed by atoms with van der Waals surface area (Å²) < 4.78 is 43.8. The van der Waals surface area contributed by atoms with Gasteiger partial charge in [-0.3, -0.25) is 14.4 Å². The van der Waals surface area contributed by atoms with Crippen LogP contribution >= 0.6 is 0 Å². The molecule has 19 heteroatoms. The van der Waals surface area contributed by atoms with E-state index in [-0.39, 0.29) is 39.6 Å². The quantitative estimate of drug-likeness (QED) is 0.0856. The van der Waals surface area contributed by atoms with Gasteiger partial charge in [0.1, 0.15) is 16.8 Å². The molecule has 0 spiro atoms. The molecule has 0 aromatic carbocycles. The van der Waals surface area contributed by atoms with Crippen molar-refractivity contribution in [3.63, 3.8) is 0 Å². The Labute approximate surface area is 373 Å². The third kappa shape index (κ3) is 8.82. The van der Waals surface area contributed by atoms with Crippen LogP contribution in [0.25, 0.3) is 0 Å². The molecule has 19 nitrogen and oxygen atoms in total. The molecule has 0 bridgehead atoms. The topological polar surface area (TPSA) is 273 Å². The van der Waals surface area contributed by atoms with Crippen molar-refractivity contribution >= 4 is 17.7 Å². The summed E-state index contributed by atoms with van der Waals surface area (Å²) >= 11 is 0. The molecule has 368 valence electrons. The molecular formula is C44H81N3O16.